The molecule has 0 bridgehead atoms. The largest absolute Gasteiger partial charge is 0.373 e. The number of carbonyl (C=O) groups excluding carboxylic acids is 2. The molecule has 1 aromatic rings. The fourth-order valence-electron chi connectivity index (χ4n) is 4.08. The first-order chi connectivity index (χ1) is 14.2. The minimum atomic E-state index is -3.70. The van der Waals surface area contributed by atoms with Gasteiger partial charge in [-0.2, -0.15) is 4.31 Å². The van der Waals surface area contributed by atoms with Crippen LogP contribution in [0.15, 0.2) is 29.2 Å². The molecule has 0 aliphatic carbocycles. The molecule has 3 rings (SSSR count). The molecule has 2 aliphatic heterocycles. The maximum atomic E-state index is 13.1. The molecule has 1 N–H and O–H groups in total. The molecule has 0 radical (unpaired) electrons. The summed E-state index contributed by atoms with van der Waals surface area (Å²) in [5.41, 5.74) is 0.380. The number of nitrogens with one attached hydrogen (secondary N) is 1. The van der Waals surface area contributed by atoms with Gasteiger partial charge in [0.1, 0.15) is 0 Å². The van der Waals surface area contributed by atoms with E-state index in [9.17, 15) is 18.0 Å². The average molecular weight is 438 g/mol. The van der Waals surface area contributed by atoms with E-state index in [1.54, 1.807) is 17.0 Å². The van der Waals surface area contributed by atoms with E-state index in [1.165, 1.54) is 23.4 Å². The van der Waals surface area contributed by atoms with Gasteiger partial charge in [0, 0.05) is 45.2 Å². The number of sulfonamides is 1. The third-order valence-corrected chi connectivity index (χ3v) is 7.47. The van der Waals surface area contributed by atoms with Gasteiger partial charge < -0.3 is 15.0 Å². The highest BCUT2D eigenvalue weighted by molar-refractivity contribution is 7.89. The fraction of sp³-hybridized carbons (Fsp3) is 0.619. The van der Waals surface area contributed by atoms with Crippen LogP contribution in [-0.2, 0) is 19.6 Å². The van der Waals surface area contributed by atoms with Crippen molar-refractivity contribution < 1.29 is 22.7 Å². The molecule has 2 fully saturated rings. The zero-order valence-electron chi connectivity index (χ0n) is 17.8. The van der Waals surface area contributed by atoms with Crippen molar-refractivity contribution >= 4 is 21.8 Å². The highest BCUT2D eigenvalue weighted by Crippen LogP contribution is 2.24. The number of rotatable bonds is 5. The van der Waals surface area contributed by atoms with Gasteiger partial charge in [-0.1, -0.05) is 6.07 Å². The van der Waals surface area contributed by atoms with Crippen molar-refractivity contribution in [2.24, 2.45) is 5.92 Å². The molecule has 1 aromatic carbocycles. The van der Waals surface area contributed by atoms with Gasteiger partial charge in [0.25, 0.3) is 5.91 Å². The van der Waals surface area contributed by atoms with Crippen LogP contribution in [-0.4, -0.2) is 74.4 Å². The third-order valence-electron chi connectivity index (χ3n) is 5.65. The van der Waals surface area contributed by atoms with Gasteiger partial charge in [-0.3, -0.25) is 9.59 Å². The lowest BCUT2D eigenvalue weighted by Gasteiger charge is -2.34. The third kappa shape index (κ3) is 5.39. The topological polar surface area (TPSA) is 96.0 Å². The summed E-state index contributed by atoms with van der Waals surface area (Å²) in [5.74, 6) is 0.152. The molecule has 2 saturated heterocycles. The lowest BCUT2D eigenvalue weighted by atomic mass is 9.96. The molecular formula is C21H31N3O5S. The first kappa shape index (κ1) is 22.7. The predicted molar refractivity (Wildman–Crippen MR) is 113 cm³/mol. The maximum Gasteiger partial charge on any atom is 0.253 e. The Morgan fingerprint density at radius 1 is 1.13 bits per heavy atom. The summed E-state index contributed by atoms with van der Waals surface area (Å²) >= 11 is 0. The van der Waals surface area contributed by atoms with E-state index in [0.29, 0.717) is 44.2 Å². The predicted octanol–water partition coefficient (Wildman–Crippen LogP) is 1.47. The summed E-state index contributed by atoms with van der Waals surface area (Å²) in [5, 5.41) is 2.83. The molecule has 9 heteroatoms. The fourth-order valence-corrected chi connectivity index (χ4v) is 5.71. The van der Waals surface area contributed by atoms with Crippen LogP contribution in [0.2, 0.25) is 0 Å². The molecular weight excluding hydrogens is 406 g/mol. The monoisotopic (exact) mass is 437 g/mol. The Morgan fingerprint density at radius 2 is 1.77 bits per heavy atom. The Bertz CT molecular complexity index is 870. The molecule has 0 unspecified atom stereocenters. The molecule has 2 aliphatic rings. The highest BCUT2D eigenvalue weighted by Gasteiger charge is 2.33. The standard InChI is InChI=1S/C21H31N3O5S/c1-15-13-24(14-16(2)29-15)30(27,28)20-6-4-5-19(11-20)21(26)23-9-7-18(8-10-23)12-22-17(3)25/h4-6,11,15-16,18H,7-10,12-14H2,1-3H3,(H,22,25)/t15-,16-/m0/s1. The minimum absolute atomic E-state index is 0.0458. The van der Waals surface area contributed by atoms with Crippen LogP contribution >= 0.6 is 0 Å². The van der Waals surface area contributed by atoms with Crippen LogP contribution in [0.25, 0.3) is 0 Å². The lowest BCUT2D eigenvalue weighted by Crippen LogP contribution is -2.48. The quantitative estimate of drug-likeness (QED) is 0.753. The molecule has 0 aromatic heterocycles. The second-order valence-corrected chi connectivity index (χ2v) is 10.2. The number of hydrogen-bond donors (Lipinski definition) is 1. The smallest absolute Gasteiger partial charge is 0.253 e. The van der Waals surface area contributed by atoms with Crippen molar-refractivity contribution in [3.63, 3.8) is 0 Å². The average Bonchev–Trinajstić information content (AvgIpc) is 2.71. The van der Waals surface area contributed by atoms with Gasteiger partial charge in [0.2, 0.25) is 15.9 Å². The summed E-state index contributed by atoms with van der Waals surface area (Å²) in [6, 6.07) is 6.30. The van der Waals surface area contributed by atoms with Crippen molar-refractivity contribution in [1.82, 2.24) is 14.5 Å². The van der Waals surface area contributed by atoms with Gasteiger partial charge in [0.05, 0.1) is 17.1 Å². The number of carbonyl (C=O) groups is 2. The number of amides is 2. The van der Waals surface area contributed by atoms with Crippen molar-refractivity contribution in [3.05, 3.63) is 29.8 Å². The summed E-state index contributed by atoms with van der Waals surface area (Å²) in [6.45, 7) is 7.62. The van der Waals surface area contributed by atoms with Crippen LogP contribution in [0, 0.1) is 5.92 Å². The molecule has 2 amide bonds. The van der Waals surface area contributed by atoms with E-state index in [1.807, 2.05) is 13.8 Å². The van der Waals surface area contributed by atoms with Gasteiger partial charge >= 0.3 is 0 Å². The molecule has 2 heterocycles. The number of piperidine rings is 1. The van der Waals surface area contributed by atoms with E-state index in [2.05, 4.69) is 5.32 Å². The Balaban J connectivity index is 1.68. The van der Waals surface area contributed by atoms with Crippen LogP contribution in [0.4, 0.5) is 0 Å². The summed E-state index contributed by atoms with van der Waals surface area (Å²) in [7, 11) is -3.70. The highest BCUT2D eigenvalue weighted by atomic mass is 32.2. The van der Waals surface area contributed by atoms with Crippen molar-refractivity contribution in [1.29, 1.82) is 0 Å². The Hall–Kier alpha value is -1.97. The Labute approximate surface area is 178 Å². The first-order valence-electron chi connectivity index (χ1n) is 10.5. The Kier molecular flexibility index (Phi) is 7.15. The van der Waals surface area contributed by atoms with Crippen LogP contribution < -0.4 is 5.32 Å². The maximum absolute atomic E-state index is 13.1. The molecule has 30 heavy (non-hydrogen) atoms. The molecule has 166 valence electrons. The SMILES string of the molecule is CC(=O)NCC1CCN(C(=O)c2cccc(S(=O)(=O)N3C[C@H](C)O[C@@H](C)C3)c2)CC1. The van der Waals surface area contributed by atoms with E-state index in [-0.39, 0.29) is 28.9 Å². The number of likely N-dealkylation sites (tertiary alicyclic amines) is 1. The van der Waals surface area contributed by atoms with Crippen molar-refractivity contribution in [2.75, 3.05) is 32.7 Å². The van der Waals surface area contributed by atoms with Crippen LogP contribution in [0.1, 0.15) is 44.0 Å². The number of benzene rings is 1. The summed E-state index contributed by atoms with van der Waals surface area (Å²) < 4.78 is 33.3. The number of ether oxygens (including phenoxy) is 1. The van der Waals surface area contributed by atoms with E-state index < -0.39 is 10.0 Å². The van der Waals surface area contributed by atoms with Gasteiger partial charge in [0.15, 0.2) is 0 Å². The van der Waals surface area contributed by atoms with Gasteiger partial charge in [-0.05, 0) is 50.8 Å². The minimum Gasteiger partial charge on any atom is -0.373 e. The lowest BCUT2D eigenvalue weighted by molar-refractivity contribution is -0.119. The second kappa shape index (κ2) is 9.45. The van der Waals surface area contributed by atoms with Gasteiger partial charge in [-0.25, -0.2) is 8.42 Å². The second-order valence-electron chi connectivity index (χ2n) is 8.28. The molecule has 2 atom stereocenters. The summed E-state index contributed by atoms with van der Waals surface area (Å²) in [4.78, 5) is 25.9. The van der Waals surface area contributed by atoms with E-state index in [4.69, 9.17) is 4.74 Å². The zero-order chi connectivity index (χ0) is 21.9. The van der Waals surface area contributed by atoms with Crippen molar-refractivity contribution in [2.45, 2.75) is 50.7 Å². The molecule has 0 saturated carbocycles. The van der Waals surface area contributed by atoms with E-state index in [0.717, 1.165) is 12.8 Å². The normalized spacial score (nSPS) is 23.9. The van der Waals surface area contributed by atoms with Crippen LogP contribution in [0.3, 0.4) is 0 Å². The molecule has 8 nitrogen and oxygen atoms in total. The zero-order valence-corrected chi connectivity index (χ0v) is 18.7. The number of morpholine rings is 1. The number of nitrogens with zero attached hydrogens (tertiary/aromatic N) is 2. The molecule has 0 spiro atoms. The first-order valence-corrected chi connectivity index (χ1v) is 11.9. The summed E-state index contributed by atoms with van der Waals surface area (Å²) in [6.07, 6.45) is 1.28. The van der Waals surface area contributed by atoms with E-state index >= 15 is 0 Å². The van der Waals surface area contributed by atoms with Gasteiger partial charge in [-0.15, -0.1) is 0 Å². The number of hydrogen-bond acceptors (Lipinski definition) is 5. The van der Waals surface area contributed by atoms with Crippen molar-refractivity contribution in [3.8, 4) is 0 Å². The Morgan fingerprint density at radius 3 is 2.37 bits per heavy atom. The van der Waals surface area contributed by atoms with Crippen LogP contribution in [0.5, 0.6) is 0 Å².